The Morgan fingerprint density at radius 1 is 1.40 bits per heavy atom. The van der Waals surface area contributed by atoms with Gasteiger partial charge in [-0.2, -0.15) is 0 Å². The lowest BCUT2D eigenvalue weighted by Crippen LogP contribution is -2.29. The first kappa shape index (κ1) is 9.85. The van der Waals surface area contributed by atoms with Crippen molar-refractivity contribution in [3.05, 3.63) is 0 Å². The van der Waals surface area contributed by atoms with Gasteiger partial charge in [-0.25, -0.2) is 5.48 Å². The summed E-state index contributed by atoms with van der Waals surface area (Å²) in [5.41, 5.74) is 2.50. The van der Waals surface area contributed by atoms with Gasteiger partial charge >= 0.3 is 0 Å². The van der Waals surface area contributed by atoms with Gasteiger partial charge in [0.05, 0.1) is 12.3 Å². The van der Waals surface area contributed by atoms with Crippen LogP contribution < -0.4 is 5.48 Å². The van der Waals surface area contributed by atoms with Crippen LogP contribution in [0, 0.1) is 0 Å². The SMILES string of the molecule is CC(C)(C)ONCCCF. The van der Waals surface area contributed by atoms with Crippen LogP contribution in [0.25, 0.3) is 0 Å². The van der Waals surface area contributed by atoms with Gasteiger partial charge in [0, 0.05) is 6.54 Å². The third kappa shape index (κ3) is 7.85. The Balaban J connectivity index is 3.04. The van der Waals surface area contributed by atoms with Gasteiger partial charge < -0.3 is 0 Å². The normalized spacial score (nSPS) is 12.0. The van der Waals surface area contributed by atoms with Gasteiger partial charge in [-0.1, -0.05) is 0 Å². The minimum atomic E-state index is -0.291. The molecule has 0 aliphatic rings. The molecule has 0 radical (unpaired) electrons. The van der Waals surface area contributed by atoms with E-state index in [2.05, 4.69) is 5.48 Å². The Morgan fingerprint density at radius 2 is 2.00 bits per heavy atom. The Bertz CT molecular complexity index is 80.2. The zero-order valence-corrected chi connectivity index (χ0v) is 6.91. The summed E-state index contributed by atoms with van der Waals surface area (Å²) in [5, 5.41) is 0. The lowest BCUT2D eigenvalue weighted by Gasteiger charge is -2.18. The molecule has 0 aromatic heterocycles. The molecule has 0 amide bonds. The van der Waals surface area contributed by atoms with Gasteiger partial charge in [-0.05, 0) is 27.2 Å². The van der Waals surface area contributed by atoms with Gasteiger partial charge in [0.2, 0.25) is 0 Å². The molecule has 1 N–H and O–H groups in total. The molecular weight excluding hydrogens is 133 g/mol. The maximum Gasteiger partial charge on any atom is 0.0907 e. The first-order chi connectivity index (χ1) is 4.56. The zero-order chi connectivity index (χ0) is 8.04. The highest BCUT2D eigenvalue weighted by Gasteiger charge is 2.08. The van der Waals surface area contributed by atoms with Crippen LogP contribution in [0.4, 0.5) is 4.39 Å². The van der Waals surface area contributed by atoms with Crippen molar-refractivity contribution in [3.8, 4) is 0 Å². The summed E-state index contributed by atoms with van der Waals surface area (Å²) in [5.74, 6) is 0. The number of hydrogen-bond acceptors (Lipinski definition) is 2. The van der Waals surface area contributed by atoms with Crippen LogP contribution in [-0.2, 0) is 4.84 Å². The maximum atomic E-state index is 11.5. The highest BCUT2D eigenvalue weighted by atomic mass is 19.1. The fourth-order valence-electron chi connectivity index (χ4n) is 0.407. The van der Waals surface area contributed by atoms with E-state index in [0.717, 1.165) is 0 Å². The topological polar surface area (TPSA) is 21.3 Å². The third-order valence-electron chi connectivity index (χ3n) is 0.791. The zero-order valence-electron chi connectivity index (χ0n) is 6.91. The molecule has 0 saturated carbocycles. The molecule has 2 nitrogen and oxygen atoms in total. The molecule has 3 heteroatoms. The average Bonchev–Trinajstić information content (AvgIpc) is 1.78. The molecule has 0 aromatic rings. The minimum Gasteiger partial charge on any atom is -0.296 e. The Hall–Kier alpha value is -0.150. The van der Waals surface area contributed by atoms with E-state index in [4.69, 9.17) is 4.84 Å². The van der Waals surface area contributed by atoms with Gasteiger partial charge in [-0.3, -0.25) is 9.23 Å². The highest BCUT2D eigenvalue weighted by Crippen LogP contribution is 2.02. The summed E-state index contributed by atoms with van der Waals surface area (Å²) in [6.45, 7) is 6.11. The van der Waals surface area contributed by atoms with Crippen molar-refractivity contribution < 1.29 is 9.23 Å². The van der Waals surface area contributed by atoms with Gasteiger partial charge in [-0.15, -0.1) is 0 Å². The molecule has 0 heterocycles. The van der Waals surface area contributed by atoms with Crippen LogP contribution in [0.5, 0.6) is 0 Å². The first-order valence-electron chi connectivity index (χ1n) is 3.53. The van der Waals surface area contributed by atoms with Crippen molar-refractivity contribution in [2.24, 2.45) is 0 Å². The smallest absolute Gasteiger partial charge is 0.0907 e. The summed E-state index contributed by atoms with van der Waals surface area (Å²) in [7, 11) is 0. The molecule has 0 aliphatic heterocycles. The number of nitrogens with one attached hydrogen (secondary N) is 1. The number of halogens is 1. The Kier molecular flexibility index (Phi) is 4.56. The van der Waals surface area contributed by atoms with Crippen LogP contribution in [0.15, 0.2) is 0 Å². The summed E-state index contributed by atoms with van der Waals surface area (Å²) >= 11 is 0. The predicted molar refractivity (Wildman–Crippen MR) is 39.4 cm³/mol. The van der Waals surface area contributed by atoms with Gasteiger partial charge in [0.15, 0.2) is 0 Å². The van der Waals surface area contributed by atoms with Crippen LogP contribution in [-0.4, -0.2) is 18.8 Å². The summed E-state index contributed by atoms with van der Waals surface area (Å²) in [6, 6.07) is 0. The van der Waals surface area contributed by atoms with Gasteiger partial charge in [0.1, 0.15) is 0 Å². The number of hydrogen-bond donors (Lipinski definition) is 1. The van der Waals surface area contributed by atoms with Crippen molar-refractivity contribution in [1.82, 2.24) is 5.48 Å². The molecule has 0 fully saturated rings. The summed E-state index contributed by atoms with van der Waals surface area (Å²) < 4.78 is 11.5. The van der Waals surface area contributed by atoms with Crippen molar-refractivity contribution >= 4 is 0 Å². The molecule has 0 spiro atoms. The van der Waals surface area contributed by atoms with E-state index in [1.807, 2.05) is 20.8 Å². The van der Waals surface area contributed by atoms with E-state index in [9.17, 15) is 4.39 Å². The predicted octanol–water partition coefficient (Wildman–Crippen LogP) is 1.67. The average molecular weight is 149 g/mol. The molecule has 0 aliphatic carbocycles. The monoisotopic (exact) mass is 149 g/mol. The van der Waals surface area contributed by atoms with E-state index in [1.165, 1.54) is 0 Å². The van der Waals surface area contributed by atoms with E-state index in [-0.39, 0.29) is 12.3 Å². The first-order valence-corrected chi connectivity index (χ1v) is 3.53. The minimum absolute atomic E-state index is 0.184. The second-order valence-corrected chi connectivity index (χ2v) is 3.15. The van der Waals surface area contributed by atoms with Crippen LogP contribution >= 0.6 is 0 Å². The molecule has 0 unspecified atom stereocenters. The standard InChI is InChI=1S/C7H16FNO/c1-7(2,3)10-9-6-4-5-8/h9H,4-6H2,1-3H3. The van der Waals surface area contributed by atoms with E-state index >= 15 is 0 Å². The molecular formula is C7H16FNO. The van der Waals surface area contributed by atoms with Crippen molar-refractivity contribution in [2.45, 2.75) is 32.8 Å². The lowest BCUT2D eigenvalue weighted by atomic mass is 10.2. The quantitative estimate of drug-likeness (QED) is 0.485. The van der Waals surface area contributed by atoms with E-state index in [0.29, 0.717) is 13.0 Å². The van der Waals surface area contributed by atoms with Crippen molar-refractivity contribution in [3.63, 3.8) is 0 Å². The number of alkyl halides is 1. The fraction of sp³-hybridized carbons (Fsp3) is 1.00. The third-order valence-corrected chi connectivity index (χ3v) is 0.791. The Morgan fingerprint density at radius 3 is 2.40 bits per heavy atom. The van der Waals surface area contributed by atoms with Gasteiger partial charge in [0.25, 0.3) is 0 Å². The van der Waals surface area contributed by atoms with Crippen LogP contribution in [0.1, 0.15) is 27.2 Å². The van der Waals surface area contributed by atoms with Crippen molar-refractivity contribution in [1.29, 1.82) is 0 Å². The molecule has 0 bridgehead atoms. The summed E-state index contributed by atoms with van der Waals surface area (Å²) in [4.78, 5) is 5.11. The molecule has 0 rings (SSSR count). The fourth-order valence-corrected chi connectivity index (χ4v) is 0.407. The second kappa shape index (κ2) is 4.63. The number of hydroxylamine groups is 1. The van der Waals surface area contributed by atoms with Crippen LogP contribution in [0.3, 0.4) is 0 Å². The maximum absolute atomic E-state index is 11.5. The Labute approximate surface area is 61.7 Å². The molecule has 0 atom stereocenters. The van der Waals surface area contributed by atoms with E-state index in [1.54, 1.807) is 0 Å². The lowest BCUT2D eigenvalue weighted by molar-refractivity contribution is -0.0728. The summed E-state index contributed by atoms with van der Waals surface area (Å²) in [6.07, 6.45) is 0.510. The molecule has 0 aromatic carbocycles. The second-order valence-electron chi connectivity index (χ2n) is 3.15. The molecule has 10 heavy (non-hydrogen) atoms. The highest BCUT2D eigenvalue weighted by molar-refractivity contribution is 4.56. The largest absolute Gasteiger partial charge is 0.296 e. The van der Waals surface area contributed by atoms with Crippen molar-refractivity contribution in [2.75, 3.05) is 13.2 Å². The van der Waals surface area contributed by atoms with E-state index < -0.39 is 0 Å². The number of rotatable bonds is 4. The molecule has 62 valence electrons. The molecule has 0 saturated heterocycles. The van der Waals surface area contributed by atoms with Crippen LogP contribution in [0.2, 0.25) is 0 Å².